The normalized spacial score (nSPS) is 12.1. The summed E-state index contributed by atoms with van der Waals surface area (Å²) in [6.07, 6.45) is 1.12. The number of Topliss-reactive ketones (excluding diaryl/α,β-unsaturated/α-hetero) is 1. The van der Waals surface area contributed by atoms with Gasteiger partial charge in [0.05, 0.1) is 19.8 Å². The molecule has 0 bridgehead atoms. The van der Waals surface area contributed by atoms with Gasteiger partial charge in [-0.15, -0.1) is 0 Å². The van der Waals surface area contributed by atoms with Crippen molar-refractivity contribution in [1.82, 2.24) is 0 Å². The number of ketones is 1. The molecule has 0 aromatic heterocycles. The Hall–Kier alpha value is -1.55. The third-order valence-corrected chi connectivity index (χ3v) is 2.77. The van der Waals surface area contributed by atoms with Crippen molar-refractivity contribution in [3.63, 3.8) is 0 Å². The minimum absolute atomic E-state index is 0.0244. The second kappa shape index (κ2) is 6.40. The molecule has 0 amide bonds. The lowest BCUT2D eigenvalue weighted by Crippen LogP contribution is -2.18. The number of benzene rings is 1. The predicted molar refractivity (Wildman–Crippen MR) is 71.5 cm³/mol. The number of carbonyl (C=O) groups is 1. The molecule has 0 saturated heterocycles. The molecule has 0 spiro atoms. The van der Waals surface area contributed by atoms with Gasteiger partial charge < -0.3 is 15.2 Å². The summed E-state index contributed by atoms with van der Waals surface area (Å²) in [7, 11) is 3.15. The summed E-state index contributed by atoms with van der Waals surface area (Å²) >= 11 is 0. The topological polar surface area (TPSA) is 61.5 Å². The highest BCUT2D eigenvalue weighted by Gasteiger charge is 2.16. The van der Waals surface area contributed by atoms with E-state index in [-0.39, 0.29) is 11.8 Å². The van der Waals surface area contributed by atoms with E-state index in [1.165, 1.54) is 0 Å². The Morgan fingerprint density at radius 1 is 1.28 bits per heavy atom. The second-order valence-corrected chi connectivity index (χ2v) is 4.32. The molecule has 2 N–H and O–H groups in total. The van der Waals surface area contributed by atoms with Crippen LogP contribution in [-0.2, 0) is 6.42 Å². The maximum Gasteiger partial charge on any atom is 0.166 e. The van der Waals surface area contributed by atoms with E-state index in [0.717, 1.165) is 5.56 Å². The molecule has 0 heterocycles. The molecule has 1 atom stereocenters. The second-order valence-electron chi connectivity index (χ2n) is 4.32. The van der Waals surface area contributed by atoms with Gasteiger partial charge in [0.2, 0.25) is 0 Å². The molecule has 1 aromatic carbocycles. The fourth-order valence-electron chi connectivity index (χ4n) is 1.88. The summed E-state index contributed by atoms with van der Waals surface area (Å²) in [5.74, 6) is 1.31. The summed E-state index contributed by atoms with van der Waals surface area (Å²) < 4.78 is 10.6. The summed E-state index contributed by atoms with van der Waals surface area (Å²) in [6, 6.07) is 3.60. The molecule has 4 nitrogen and oxygen atoms in total. The number of nitrogens with two attached hydrogens (primary N) is 1. The number of hydrogen-bond donors (Lipinski definition) is 1. The molecule has 0 saturated carbocycles. The average Bonchev–Trinajstić information content (AvgIpc) is 2.36. The Morgan fingerprint density at radius 2 is 1.89 bits per heavy atom. The SMILES string of the molecule is CCC(=O)c1cc(OC)c(CC(C)N)cc1OC. The minimum Gasteiger partial charge on any atom is -0.496 e. The third kappa shape index (κ3) is 3.23. The fraction of sp³-hybridized carbons (Fsp3) is 0.500. The van der Waals surface area contributed by atoms with Gasteiger partial charge in [0.25, 0.3) is 0 Å². The minimum atomic E-state index is 0.0244. The zero-order valence-electron chi connectivity index (χ0n) is 11.4. The standard InChI is InChI=1S/C14H21NO3/c1-5-12(16)11-8-13(17-3)10(6-9(2)15)7-14(11)18-4/h7-9H,5-6,15H2,1-4H3. The van der Waals surface area contributed by atoms with Gasteiger partial charge in [-0.05, 0) is 31.0 Å². The van der Waals surface area contributed by atoms with Crippen LogP contribution in [0.25, 0.3) is 0 Å². The summed E-state index contributed by atoms with van der Waals surface area (Å²) in [6.45, 7) is 3.75. The Balaban J connectivity index is 3.27. The molecule has 100 valence electrons. The fourth-order valence-corrected chi connectivity index (χ4v) is 1.88. The number of ether oxygens (including phenoxy) is 2. The lowest BCUT2D eigenvalue weighted by molar-refractivity contribution is 0.0985. The van der Waals surface area contributed by atoms with Crippen LogP contribution >= 0.6 is 0 Å². The molecule has 0 aliphatic carbocycles. The monoisotopic (exact) mass is 251 g/mol. The molecule has 0 radical (unpaired) electrons. The Labute approximate surface area is 108 Å². The van der Waals surface area contributed by atoms with Crippen LogP contribution in [0.3, 0.4) is 0 Å². The lowest BCUT2D eigenvalue weighted by Gasteiger charge is -2.15. The molecule has 1 unspecified atom stereocenters. The van der Waals surface area contributed by atoms with Gasteiger partial charge in [-0.25, -0.2) is 0 Å². The molecule has 1 aromatic rings. The van der Waals surface area contributed by atoms with E-state index in [0.29, 0.717) is 29.9 Å². The van der Waals surface area contributed by atoms with Crippen molar-refractivity contribution in [2.45, 2.75) is 32.7 Å². The van der Waals surface area contributed by atoms with Crippen LogP contribution < -0.4 is 15.2 Å². The van der Waals surface area contributed by atoms with E-state index in [1.807, 2.05) is 19.9 Å². The molecular weight excluding hydrogens is 230 g/mol. The first-order valence-electron chi connectivity index (χ1n) is 6.07. The lowest BCUT2D eigenvalue weighted by atomic mass is 10.00. The van der Waals surface area contributed by atoms with E-state index in [9.17, 15) is 4.79 Å². The van der Waals surface area contributed by atoms with Crippen LogP contribution in [-0.4, -0.2) is 26.0 Å². The van der Waals surface area contributed by atoms with E-state index < -0.39 is 0 Å². The maximum atomic E-state index is 11.8. The van der Waals surface area contributed by atoms with E-state index in [2.05, 4.69) is 0 Å². The van der Waals surface area contributed by atoms with Crippen LogP contribution in [0.5, 0.6) is 11.5 Å². The third-order valence-electron chi connectivity index (χ3n) is 2.77. The van der Waals surface area contributed by atoms with Gasteiger partial charge >= 0.3 is 0 Å². The highest BCUT2D eigenvalue weighted by atomic mass is 16.5. The van der Waals surface area contributed by atoms with Crippen molar-refractivity contribution in [3.8, 4) is 11.5 Å². The highest BCUT2D eigenvalue weighted by molar-refractivity contribution is 5.99. The molecular formula is C14H21NO3. The quantitative estimate of drug-likeness (QED) is 0.787. The average molecular weight is 251 g/mol. The number of carbonyl (C=O) groups excluding carboxylic acids is 1. The Kier molecular flexibility index (Phi) is 5.16. The number of methoxy groups -OCH3 is 2. The van der Waals surface area contributed by atoms with Gasteiger partial charge in [0.15, 0.2) is 5.78 Å². The van der Waals surface area contributed by atoms with Crippen molar-refractivity contribution in [3.05, 3.63) is 23.3 Å². The maximum absolute atomic E-state index is 11.8. The van der Waals surface area contributed by atoms with Crippen molar-refractivity contribution in [2.24, 2.45) is 5.73 Å². The number of rotatable bonds is 6. The van der Waals surface area contributed by atoms with Gasteiger partial charge in [0, 0.05) is 12.5 Å². The van der Waals surface area contributed by atoms with Crippen LogP contribution in [0.15, 0.2) is 12.1 Å². The van der Waals surface area contributed by atoms with Crippen LogP contribution in [0.2, 0.25) is 0 Å². The summed E-state index contributed by atoms with van der Waals surface area (Å²) in [5, 5.41) is 0. The van der Waals surface area contributed by atoms with Crippen molar-refractivity contribution in [1.29, 1.82) is 0 Å². The van der Waals surface area contributed by atoms with Crippen molar-refractivity contribution < 1.29 is 14.3 Å². The molecule has 0 aliphatic heterocycles. The first kappa shape index (κ1) is 14.5. The van der Waals surface area contributed by atoms with Crippen molar-refractivity contribution >= 4 is 5.78 Å². The van der Waals surface area contributed by atoms with Crippen LogP contribution in [0.1, 0.15) is 36.2 Å². The van der Waals surface area contributed by atoms with Crippen LogP contribution in [0.4, 0.5) is 0 Å². The van der Waals surface area contributed by atoms with Gasteiger partial charge in [0.1, 0.15) is 11.5 Å². The van der Waals surface area contributed by atoms with Gasteiger partial charge in [-0.2, -0.15) is 0 Å². The van der Waals surface area contributed by atoms with Crippen molar-refractivity contribution in [2.75, 3.05) is 14.2 Å². The predicted octanol–water partition coefficient (Wildman–Crippen LogP) is 2.19. The first-order chi connectivity index (χ1) is 8.53. The molecule has 0 fully saturated rings. The highest BCUT2D eigenvalue weighted by Crippen LogP contribution is 2.30. The van der Waals surface area contributed by atoms with E-state index in [4.69, 9.17) is 15.2 Å². The first-order valence-corrected chi connectivity index (χ1v) is 6.07. The van der Waals surface area contributed by atoms with Gasteiger partial charge in [-0.3, -0.25) is 4.79 Å². The van der Waals surface area contributed by atoms with E-state index in [1.54, 1.807) is 20.3 Å². The van der Waals surface area contributed by atoms with E-state index >= 15 is 0 Å². The molecule has 1 rings (SSSR count). The number of hydrogen-bond acceptors (Lipinski definition) is 4. The van der Waals surface area contributed by atoms with Gasteiger partial charge in [-0.1, -0.05) is 6.92 Å². The molecule has 4 heteroatoms. The largest absolute Gasteiger partial charge is 0.496 e. The Morgan fingerprint density at radius 3 is 2.33 bits per heavy atom. The summed E-state index contributed by atoms with van der Waals surface area (Å²) in [5.41, 5.74) is 7.32. The summed E-state index contributed by atoms with van der Waals surface area (Å²) in [4.78, 5) is 11.8. The van der Waals surface area contributed by atoms with Crippen LogP contribution in [0, 0.1) is 0 Å². The molecule has 18 heavy (non-hydrogen) atoms. The zero-order valence-corrected chi connectivity index (χ0v) is 11.4. The Bertz CT molecular complexity index is 427. The molecule has 0 aliphatic rings. The smallest absolute Gasteiger partial charge is 0.166 e. The zero-order chi connectivity index (χ0) is 13.7.